The molecule has 0 saturated carbocycles. The summed E-state index contributed by atoms with van der Waals surface area (Å²) in [7, 11) is 0. The molecule has 0 atom stereocenters. The Morgan fingerprint density at radius 2 is 1.76 bits per heavy atom. The van der Waals surface area contributed by atoms with Gasteiger partial charge in [0.15, 0.2) is 0 Å². The van der Waals surface area contributed by atoms with Crippen LogP contribution in [0.1, 0.15) is 28.9 Å². The van der Waals surface area contributed by atoms with E-state index in [1.165, 1.54) is 11.1 Å². The van der Waals surface area contributed by atoms with E-state index in [-0.39, 0.29) is 0 Å². The molecule has 0 bridgehead atoms. The molecule has 0 N–H and O–H groups in total. The molecule has 29 heavy (non-hydrogen) atoms. The number of rotatable bonds is 7. The first-order valence-electron chi connectivity index (χ1n) is 9.99. The van der Waals surface area contributed by atoms with Crippen LogP contribution < -0.4 is 4.74 Å². The zero-order chi connectivity index (χ0) is 20.2. The number of hydrogen-bond donors (Lipinski definition) is 0. The number of para-hydroxylation sites is 2. The molecular weight excluding hydrogens is 380 g/mol. The molecule has 3 aromatic carbocycles. The van der Waals surface area contributed by atoms with Gasteiger partial charge in [-0.05, 0) is 55.7 Å². The maximum Gasteiger partial charge on any atom is 0.122 e. The predicted molar refractivity (Wildman–Crippen MR) is 120 cm³/mol. The van der Waals surface area contributed by atoms with Gasteiger partial charge in [-0.25, -0.2) is 4.98 Å². The maximum absolute atomic E-state index is 6.39. The number of hydrogen-bond acceptors (Lipinski definition) is 2. The molecule has 0 unspecified atom stereocenters. The van der Waals surface area contributed by atoms with E-state index in [0.29, 0.717) is 13.0 Å². The van der Waals surface area contributed by atoms with Crippen molar-refractivity contribution in [1.29, 1.82) is 0 Å². The van der Waals surface area contributed by atoms with E-state index >= 15 is 0 Å². The zero-order valence-corrected chi connectivity index (χ0v) is 17.6. The molecule has 0 saturated heterocycles. The third-order valence-corrected chi connectivity index (χ3v) is 5.52. The van der Waals surface area contributed by atoms with Crippen LogP contribution in [0.4, 0.5) is 0 Å². The molecule has 1 heterocycles. The van der Waals surface area contributed by atoms with Crippen LogP contribution in [0.15, 0.2) is 66.7 Å². The van der Waals surface area contributed by atoms with Crippen LogP contribution in [0, 0.1) is 13.8 Å². The molecule has 0 aliphatic carbocycles. The number of aromatic nitrogens is 2. The van der Waals surface area contributed by atoms with Gasteiger partial charge >= 0.3 is 0 Å². The molecule has 0 radical (unpaired) electrons. The van der Waals surface area contributed by atoms with Gasteiger partial charge in [-0.1, -0.05) is 59.6 Å². The van der Waals surface area contributed by atoms with Crippen molar-refractivity contribution < 1.29 is 4.74 Å². The van der Waals surface area contributed by atoms with E-state index in [1.807, 2.05) is 24.3 Å². The summed E-state index contributed by atoms with van der Waals surface area (Å²) in [6.07, 6.45) is 1.62. The molecule has 0 aliphatic heterocycles. The van der Waals surface area contributed by atoms with Crippen LogP contribution >= 0.6 is 11.6 Å². The monoisotopic (exact) mass is 404 g/mol. The molecule has 0 aliphatic rings. The second kappa shape index (κ2) is 8.71. The standard InChI is InChI=1S/C25H25ClN2O/c1-18-12-13-24(19(2)16-18)29-15-7-14-28-23-11-6-5-10-22(23)27-25(28)17-20-8-3-4-9-21(20)26/h3-6,8-13,16H,7,14-15,17H2,1-2H3. The fourth-order valence-electron chi connectivity index (χ4n) is 3.69. The molecule has 1 aromatic heterocycles. The van der Waals surface area contributed by atoms with Crippen molar-refractivity contribution in [3.8, 4) is 5.75 Å². The first-order chi connectivity index (χ1) is 14.1. The van der Waals surface area contributed by atoms with Gasteiger partial charge < -0.3 is 9.30 Å². The zero-order valence-electron chi connectivity index (χ0n) is 16.9. The van der Waals surface area contributed by atoms with Gasteiger partial charge in [-0.15, -0.1) is 0 Å². The fraction of sp³-hybridized carbons (Fsp3) is 0.240. The van der Waals surface area contributed by atoms with Crippen molar-refractivity contribution in [2.45, 2.75) is 33.2 Å². The van der Waals surface area contributed by atoms with Gasteiger partial charge in [0.1, 0.15) is 11.6 Å². The number of fused-ring (bicyclic) bond motifs is 1. The minimum absolute atomic E-state index is 0.669. The Bertz CT molecular complexity index is 1130. The molecule has 4 rings (SSSR count). The summed E-state index contributed by atoms with van der Waals surface area (Å²) in [5.74, 6) is 1.99. The lowest BCUT2D eigenvalue weighted by molar-refractivity contribution is 0.300. The number of nitrogens with zero attached hydrogens (tertiary/aromatic N) is 2. The second-order valence-corrected chi connectivity index (χ2v) is 7.81. The summed E-state index contributed by atoms with van der Waals surface area (Å²) in [5, 5.41) is 0.782. The summed E-state index contributed by atoms with van der Waals surface area (Å²) in [6.45, 7) is 5.71. The summed E-state index contributed by atoms with van der Waals surface area (Å²) in [5.41, 5.74) is 5.70. The Kier molecular flexibility index (Phi) is 5.86. The minimum Gasteiger partial charge on any atom is -0.493 e. The van der Waals surface area contributed by atoms with Crippen LogP contribution in [0.3, 0.4) is 0 Å². The molecule has 0 amide bonds. The van der Waals surface area contributed by atoms with Gasteiger partial charge in [0.25, 0.3) is 0 Å². The minimum atomic E-state index is 0.669. The predicted octanol–water partition coefficient (Wildman–Crippen LogP) is 6.37. The average molecular weight is 405 g/mol. The average Bonchev–Trinajstić information content (AvgIpc) is 3.05. The quantitative estimate of drug-likeness (QED) is 0.335. The number of aryl methyl sites for hydroxylation is 3. The van der Waals surface area contributed by atoms with Gasteiger partial charge in [-0.2, -0.15) is 0 Å². The lowest BCUT2D eigenvalue weighted by atomic mass is 10.1. The summed E-state index contributed by atoms with van der Waals surface area (Å²) >= 11 is 6.39. The van der Waals surface area contributed by atoms with Crippen molar-refractivity contribution in [3.05, 3.63) is 94.3 Å². The highest BCUT2D eigenvalue weighted by molar-refractivity contribution is 6.31. The van der Waals surface area contributed by atoms with Crippen molar-refractivity contribution in [2.24, 2.45) is 0 Å². The van der Waals surface area contributed by atoms with Crippen LogP contribution in [-0.4, -0.2) is 16.2 Å². The molecule has 0 fully saturated rings. The number of benzene rings is 3. The van der Waals surface area contributed by atoms with Gasteiger partial charge in [0.05, 0.1) is 17.6 Å². The highest BCUT2D eigenvalue weighted by atomic mass is 35.5. The van der Waals surface area contributed by atoms with E-state index in [0.717, 1.165) is 46.2 Å². The molecule has 4 aromatic rings. The van der Waals surface area contributed by atoms with Crippen molar-refractivity contribution in [1.82, 2.24) is 9.55 Å². The van der Waals surface area contributed by atoms with Crippen LogP contribution in [0.25, 0.3) is 11.0 Å². The lowest BCUT2D eigenvalue weighted by Gasteiger charge is -2.12. The second-order valence-electron chi connectivity index (χ2n) is 7.41. The summed E-state index contributed by atoms with van der Waals surface area (Å²) < 4.78 is 8.32. The SMILES string of the molecule is Cc1ccc(OCCCn2c(Cc3ccccc3Cl)nc3ccccc32)c(C)c1. The lowest BCUT2D eigenvalue weighted by Crippen LogP contribution is -2.09. The Labute approximate surface area is 176 Å². The van der Waals surface area contributed by atoms with Crippen LogP contribution in [-0.2, 0) is 13.0 Å². The van der Waals surface area contributed by atoms with Crippen molar-refractivity contribution in [2.75, 3.05) is 6.61 Å². The Morgan fingerprint density at radius 1 is 0.966 bits per heavy atom. The summed E-state index contributed by atoms with van der Waals surface area (Å²) in [6, 6.07) is 22.6. The smallest absolute Gasteiger partial charge is 0.122 e. The van der Waals surface area contributed by atoms with Crippen molar-refractivity contribution >= 4 is 22.6 Å². The molecule has 4 heteroatoms. The van der Waals surface area contributed by atoms with Crippen molar-refractivity contribution in [3.63, 3.8) is 0 Å². The first-order valence-corrected chi connectivity index (χ1v) is 10.4. The fourth-order valence-corrected chi connectivity index (χ4v) is 3.89. The molecule has 148 valence electrons. The van der Waals surface area contributed by atoms with Gasteiger partial charge in [0.2, 0.25) is 0 Å². The topological polar surface area (TPSA) is 27.1 Å². The maximum atomic E-state index is 6.39. The van der Waals surface area contributed by atoms with E-state index < -0.39 is 0 Å². The first kappa shape index (κ1) is 19.5. The third-order valence-electron chi connectivity index (χ3n) is 5.15. The van der Waals surface area contributed by atoms with E-state index in [4.69, 9.17) is 21.3 Å². The highest BCUT2D eigenvalue weighted by Gasteiger charge is 2.12. The van der Waals surface area contributed by atoms with Gasteiger partial charge in [-0.3, -0.25) is 0 Å². The Balaban J connectivity index is 1.50. The molecule has 3 nitrogen and oxygen atoms in total. The summed E-state index contributed by atoms with van der Waals surface area (Å²) in [4.78, 5) is 4.87. The Morgan fingerprint density at radius 3 is 2.59 bits per heavy atom. The van der Waals surface area contributed by atoms with E-state index in [1.54, 1.807) is 0 Å². The number of ether oxygens (including phenoxy) is 1. The van der Waals surface area contributed by atoms with Crippen LogP contribution in [0.5, 0.6) is 5.75 Å². The van der Waals surface area contributed by atoms with Crippen LogP contribution in [0.2, 0.25) is 5.02 Å². The largest absolute Gasteiger partial charge is 0.493 e. The number of imidazole rings is 1. The molecule has 0 spiro atoms. The van der Waals surface area contributed by atoms with Gasteiger partial charge in [0, 0.05) is 18.0 Å². The molecular formula is C25H25ClN2O. The van der Waals surface area contributed by atoms with E-state index in [2.05, 4.69) is 60.9 Å². The highest BCUT2D eigenvalue weighted by Crippen LogP contribution is 2.23. The third kappa shape index (κ3) is 4.46. The number of halogens is 1. The normalized spacial score (nSPS) is 11.1. The Hall–Kier alpha value is -2.78. The van der Waals surface area contributed by atoms with E-state index in [9.17, 15) is 0 Å².